The molecule has 0 aliphatic carbocycles. The van der Waals surface area contributed by atoms with Gasteiger partial charge in [0, 0.05) is 25.3 Å². The van der Waals surface area contributed by atoms with Crippen LogP contribution in [0.2, 0.25) is 0 Å². The maximum atomic E-state index is 14.3. The number of hydrogen-bond acceptors (Lipinski definition) is 5. The third kappa shape index (κ3) is 4.47. The largest absolute Gasteiger partial charge is 0.449 e. The van der Waals surface area contributed by atoms with Crippen molar-refractivity contribution in [2.45, 2.75) is 38.2 Å². The Morgan fingerprint density at radius 1 is 1.16 bits per heavy atom. The van der Waals surface area contributed by atoms with Gasteiger partial charge in [-0.3, -0.25) is 4.79 Å². The number of benzene rings is 2. The Balaban J connectivity index is 1.80. The molecule has 1 aliphatic rings. The zero-order valence-electron chi connectivity index (χ0n) is 17.7. The second kappa shape index (κ2) is 9.15. The summed E-state index contributed by atoms with van der Waals surface area (Å²) in [6.07, 6.45) is -0.469. The van der Waals surface area contributed by atoms with E-state index in [1.54, 1.807) is 13.8 Å². The Labute approximate surface area is 181 Å². The van der Waals surface area contributed by atoms with Crippen LogP contribution in [0.1, 0.15) is 36.7 Å². The maximum Gasteiger partial charge on any atom is 0.341 e. The number of ether oxygens (including phenoxy) is 1. The van der Waals surface area contributed by atoms with Gasteiger partial charge < -0.3 is 9.64 Å². The molecule has 0 saturated carbocycles. The number of hydrogen-bond donors (Lipinski definition) is 0. The van der Waals surface area contributed by atoms with E-state index in [0.717, 1.165) is 29.4 Å². The Hall–Kier alpha value is -2.78. The molecule has 3 rings (SSSR count). The van der Waals surface area contributed by atoms with Gasteiger partial charge in [-0.2, -0.15) is 4.31 Å². The maximum absolute atomic E-state index is 14.3. The van der Waals surface area contributed by atoms with Crippen molar-refractivity contribution in [1.29, 1.82) is 0 Å². The standard InChI is InChI=1S/C22H25FN2O5S/c1-4-24(5-2)31(28,29)17-10-11-19(23)18(14-17)22(27)30-15(3)21(26)25-13-12-16-8-6-7-9-20(16)25/h6-11,14-15H,4-5,12-13H2,1-3H3. The average Bonchev–Trinajstić information content (AvgIpc) is 3.18. The van der Waals surface area contributed by atoms with E-state index in [9.17, 15) is 22.4 Å². The van der Waals surface area contributed by atoms with Gasteiger partial charge in [-0.05, 0) is 43.2 Å². The lowest BCUT2D eigenvalue weighted by Crippen LogP contribution is -2.39. The monoisotopic (exact) mass is 448 g/mol. The molecule has 0 radical (unpaired) electrons. The molecule has 2 aromatic rings. The van der Waals surface area contributed by atoms with Gasteiger partial charge in [-0.1, -0.05) is 32.0 Å². The number of halogens is 1. The van der Waals surface area contributed by atoms with Crippen LogP contribution in [0.5, 0.6) is 0 Å². The summed E-state index contributed by atoms with van der Waals surface area (Å²) in [5.74, 6) is -2.44. The number of carbonyl (C=O) groups is 2. The van der Waals surface area contributed by atoms with Gasteiger partial charge in [0.1, 0.15) is 5.82 Å². The van der Waals surface area contributed by atoms with E-state index < -0.39 is 39.4 Å². The summed E-state index contributed by atoms with van der Waals surface area (Å²) in [5, 5.41) is 0. The van der Waals surface area contributed by atoms with Gasteiger partial charge in [0.25, 0.3) is 5.91 Å². The summed E-state index contributed by atoms with van der Waals surface area (Å²) in [7, 11) is -3.88. The van der Waals surface area contributed by atoms with E-state index >= 15 is 0 Å². The van der Waals surface area contributed by atoms with Crippen LogP contribution in [-0.4, -0.2) is 50.3 Å². The molecule has 1 heterocycles. The average molecular weight is 449 g/mol. The lowest BCUT2D eigenvalue weighted by atomic mass is 10.2. The van der Waals surface area contributed by atoms with Crippen LogP contribution in [0.4, 0.5) is 10.1 Å². The number of fused-ring (bicyclic) bond motifs is 1. The van der Waals surface area contributed by atoms with Gasteiger partial charge in [0.2, 0.25) is 10.0 Å². The van der Waals surface area contributed by atoms with Gasteiger partial charge in [-0.25, -0.2) is 17.6 Å². The highest BCUT2D eigenvalue weighted by molar-refractivity contribution is 7.89. The number of para-hydroxylation sites is 1. The van der Waals surface area contributed by atoms with Crippen molar-refractivity contribution in [2.75, 3.05) is 24.5 Å². The molecule has 1 atom stereocenters. The zero-order valence-corrected chi connectivity index (χ0v) is 18.5. The molecular weight excluding hydrogens is 423 g/mol. The molecule has 1 amide bonds. The van der Waals surface area contributed by atoms with E-state index in [0.29, 0.717) is 13.0 Å². The molecule has 7 nitrogen and oxygen atoms in total. The van der Waals surface area contributed by atoms with Gasteiger partial charge in [0.05, 0.1) is 10.5 Å². The molecule has 1 aliphatic heterocycles. The molecule has 31 heavy (non-hydrogen) atoms. The minimum Gasteiger partial charge on any atom is -0.449 e. The van der Waals surface area contributed by atoms with Crippen molar-refractivity contribution in [3.8, 4) is 0 Å². The van der Waals surface area contributed by atoms with E-state index in [1.165, 1.54) is 16.1 Å². The molecule has 0 saturated heterocycles. The third-order valence-electron chi connectivity index (χ3n) is 5.29. The van der Waals surface area contributed by atoms with E-state index in [2.05, 4.69) is 0 Å². The minimum atomic E-state index is -3.88. The fraction of sp³-hybridized carbons (Fsp3) is 0.364. The SMILES string of the molecule is CCN(CC)S(=O)(=O)c1ccc(F)c(C(=O)OC(C)C(=O)N2CCc3ccccc32)c1. The van der Waals surface area contributed by atoms with E-state index in [4.69, 9.17) is 4.74 Å². The molecule has 0 fully saturated rings. The van der Waals surface area contributed by atoms with Crippen LogP contribution in [0, 0.1) is 5.82 Å². The van der Waals surface area contributed by atoms with Gasteiger partial charge in [-0.15, -0.1) is 0 Å². The Morgan fingerprint density at radius 3 is 2.52 bits per heavy atom. The number of nitrogens with zero attached hydrogens (tertiary/aromatic N) is 2. The summed E-state index contributed by atoms with van der Waals surface area (Å²) in [4.78, 5) is 26.7. The fourth-order valence-corrected chi connectivity index (χ4v) is 5.08. The highest BCUT2D eigenvalue weighted by Gasteiger charge is 2.31. The Morgan fingerprint density at radius 2 is 1.84 bits per heavy atom. The van der Waals surface area contributed by atoms with Crippen molar-refractivity contribution < 1.29 is 27.1 Å². The number of anilines is 1. The lowest BCUT2D eigenvalue weighted by Gasteiger charge is -2.22. The molecule has 0 spiro atoms. The first-order chi connectivity index (χ1) is 14.7. The highest BCUT2D eigenvalue weighted by atomic mass is 32.2. The lowest BCUT2D eigenvalue weighted by molar-refractivity contribution is -0.126. The molecule has 0 N–H and O–H groups in total. The molecule has 166 valence electrons. The van der Waals surface area contributed by atoms with Crippen molar-refractivity contribution in [3.05, 3.63) is 59.4 Å². The molecule has 0 bridgehead atoms. The second-order valence-corrected chi connectivity index (χ2v) is 9.09. The molecule has 2 aromatic carbocycles. The topological polar surface area (TPSA) is 84.0 Å². The van der Waals surface area contributed by atoms with Crippen LogP contribution < -0.4 is 4.90 Å². The quantitative estimate of drug-likeness (QED) is 0.608. The number of rotatable bonds is 7. The van der Waals surface area contributed by atoms with E-state index in [-0.39, 0.29) is 18.0 Å². The van der Waals surface area contributed by atoms with Crippen molar-refractivity contribution in [3.63, 3.8) is 0 Å². The summed E-state index contributed by atoms with van der Waals surface area (Å²) < 4.78 is 46.1. The molecule has 9 heteroatoms. The second-order valence-electron chi connectivity index (χ2n) is 7.15. The summed E-state index contributed by atoms with van der Waals surface area (Å²) in [6.45, 7) is 5.71. The van der Waals surface area contributed by atoms with Crippen molar-refractivity contribution in [1.82, 2.24) is 4.31 Å². The van der Waals surface area contributed by atoms with Crippen LogP contribution >= 0.6 is 0 Å². The molecule has 0 aromatic heterocycles. The first-order valence-electron chi connectivity index (χ1n) is 10.1. The number of esters is 1. The summed E-state index contributed by atoms with van der Waals surface area (Å²) in [5.41, 5.74) is 1.25. The summed E-state index contributed by atoms with van der Waals surface area (Å²) >= 11 is 0. The van der Waals surface area contributed by atoms with Crippen LogP contribution in [0.3, 0.4) is 0 Å². The Bertz CT molecular complexity index is 1100. The summed E-state index contributed by atoms with van der Waals surface area (Å²) in [6, 6.07) is 10.4. The zero-order chi connectivity index (χ0) is 22.8. The van der Waals surface area contributed by atoms with Crippen LogP contribution in [0.25, 0.3) is 0 Å². The molecule has 1 unspecified atom stereocenters. The minimum absolute atomic E-state index is 0.211. The third-order valence-corrected chi connectivity index (χ3v) is 7.33. The first-order valence-corrected chi connectivity index (χ1v) is 11.5. The fourth-order valence-electron chi connectivity index (χ4n) is 3.59. The number of sulfonamides is 1. The van der Waals surface area contributed by atoms with E-state index in [1.807, 2.05) is 24.3 Å². The number of amides is 1. The predicted octanol–water partition coefficient (Wildman–Crippen LogP) is 2.99. The smallest absolute Gasteiger partial charge is 0.341 e. The van der Waals surface area contributed by atoms with Crippen molar-refractivity contribution >= 4 is 27.6 Å². The van der Waals surface area contributed by atoms with Crippen LogP contribution in [0.15, 0.2) is 47.4 Å². The highest BCUT2D eigenvalue weighted by Crippen LogP contribution is 2.28. The molecular formula is C22H25FN2O5S. The number of carbonyl (C=O) groups excluding carboxylic acids is 2. The normalized spacial score (nSPS) is 14.4. The van der Waals surface area contributed by atoms with Gasteiger partial charge >= 0.3 is 5.97 Å². The van der Waals surface area contributed by atoms with Gasteiger partial charge in [0.15, 0.2) is 6.10 Å². The predicted molar refractivity (Wildman–Crippen MR) is 114 cm³/mol. The first kappa shape index (κ1) is 22.9. The Kier molecular flexibility index (Phi) is 6.76. The van der Waals surface area contributed by atoms with Crippen molar-refractivity contribution in [2.24, 2.45) is 0 Å². The van der Waals surface area contributed by atoms with Crippen LogP contribution in [-0.2, 0) is 26.0 Å².